The van der Waals surface area contributed by atoms with Crippen LogP contribution < -0.4 is 10.0 Å². The van der Waals surface area contributed by atoms with E-state index in [1.165, 1.54) is 24.3 Å². The van der Waals surface area contributed by atoms with Crippen molar-refractivity contribution in [1.82, 2.24) is 5.32 Å². The summed E-state index contributed by atoms with van der Waals surface area (Å²) in [6, 6.07) is 16.4. The van der Waals surface area contributed by atoms with E-state index in [0.717, 1.165) is 11.6 Å². The van der Waals surface area contributed by atoms with Gasteiger partial charge in [-0.2, -0.15) is 0 Å². The summed E-state index contributed by atoms with van der Waals surface area (Å²) >= 11 is 0. The van der Waals surface area contributed by atoms with E-state index in [-0.39, 0.29) is 27.8 Å². The van der Waals surface area contributed by atoms with Gasteiger partial charge in [0.2, 0.25) is 0 Å². The lowest BCUT2D eigenvalue weighted by Crippen LogP contribution is -2.25. The molecule has 0 saturated carbocycles. The third kappa shape index (κ3) is 5.36. The van der Waals surface area contributed by atoms with Gasteiger partial charge in [0.1, 0.15) is 11.6 Å². The molecule has 8 heteroatoms. The third-order valence-electron chi connectivity index (χ3n) is 4.44. The Morgan fingerprint density at radius 2 is 1.80 bits per heavy atom. The number of hydrogen-bond donors (Lipinski definition) is 3. The number of hydrogen-bond acceptors (Lipinski definition) is 4. The predicted octanol–water partition coefficient (Wildman–Crippen LogP) is 3.61. The Hall–Kier alpha value is -3.39. The first-order valence-corrected chi connectivity index (χ1v) is 10.7. The molecule has 0 aliphatic heterocycles. The van der Waals surface area contributed by atoms with E-state index in [4.69, 9.17) is 0 Å². The molecule has 3 aromatic rings. The van der Waals surface area contributed by atoms with Crippen LogP contribution in [0.2, 0.25) is 0 Å². The van der Waals surface area contributed by atoms with Crippen molar-refractivity contribution in [2.24, 2.45) is 0 Å². The van der Waals surface area contributed by atoms with Crippen LogP contribution in [-0.4, -0.2) is 26.0 Å². The van der Waals surface area contributed by atoms with Crippen LogP contribution in [0.3, 0.4) is 0 Å². The van der Waals surface area contributed by atoms with Crippen molar-refractivity contribution in [2.45, 2.75) is 18.2 Å². The first-order valence-electron chi connectivity index (χ1n) is 9.20. The number of aryl methyl sites for hydroxylation is 1. The number of halogens is 1. The smallest absolute Gasteiger partial charge is 0.261 e. The first kappa shape index (κ1) is 21.3. The van der Waals surface area contributed by atoms with E-state index < -0.39 is 15.8 Å². The summed E-state index contributed by atoms with van der Waals surface area (Å²) in [5.41, 5.74) is 1.69. The van der Waals surface area contributed by atoms with Crippen LogP contribution in [0.1, 0.15) is 21.5 Å². The summed E-state index contributed by atoms with van der Waals surface area (Å²) < 4.78 is 41.1. The summed E-state index contributed by atoms with van der Waals surface area (Å²) in [6.45, 7) is 1.89. The Labute approximate surface area is 174 Å². The summed E-state index contributed by atoms with van der Waals surface area (Å²) in [5, 5.41) is 12.2. The minimum Gasteiger partial charge on any atom is -0.508 e. The second kappa shape index (κ2) is 8.96. The number of amides is 1. The molecule has 0 aromatic heterocycles. The third-order valence-corrected chi connectivity index (χ3v) is 5.82. The average Bonchev–Trinajstić information content (AvgIpc) is 2.70. The Bertz CT molecular complexity index is 1180. The molecule has 0 bridgehead atoms. The van der Waals surface area contributed by atoms with Gasteiger partial charge in [-0.05, 0) is 66.9 Å². The molecule has 0 spiro atoms. The van der Waals surface area contributed by atoms with Gasteiger partial charge in [0.05, 0.1) is 4.90 Å². The van der Waals surface area contributed by atoms with Gasteiger partial charge >= 0.3 is 0 Å². The molecular weight excluding hydrogens is 407 g/mol. The number of phenolic OH excluding ortho intramolecular Hbond substituents is 1. The number of sulfonamides is 1. The fourth-order valence-corrected chi connectivity index (χ4v) is 3.87. The lowest BCUT2D eigenvalue weighted by molar-refractivity contribution is 0.0954. The quantitative estimate of drug-likeness (QED) is 0.536. The molecule has 3 aromatic carbocycles. The van der Waals surface area contributed by atoms with Gasteiger partial charge in [0, 0.05) is 17.8 Å². The van der Waals surface area contributed by atoms with Crippen molar-refractivity contribution in [3.63, 3.8) is 0 Å². The molecule has 0 fully saturated rings. The Morgan fingerprint density at radius 1 is 1.03 bits per heavy atom. The number of aromatic hydroxyl groups is 1. The molecule has 6 nitrogen and oxygen atoms in total. The highest BCUT2D eigenvalue weighted by molar-refractivity contribution is 7.92. The minimum atomic E-state index is -4.00. The van der Waals surface area contributed by atoms with E-state index >= 15 is 0 Å². The molecule has 0 saturated heterocycles. The molecule has 0 aliphatic carbocycles. The predicted molar refractivity (Wildman–Crippen MR) is 113 cm³/mol. The Kier molecular flexibility index (Phi) is 6.37. The number of rotatable bonds is 7. The highest BCUT2D eigenvalue weighted by Crippen LogP contribution is 2.19. The number of nitrogens with one attached hydrogen (secondary N) is 2. The number of anilines is 1. The maximum absolute atomic E-state index is 13.7. The van der Waals surface area contributed by atoms with Gasteiger partial charge in [0.25, 0.3) is 15.9 Å². The number of phenols is 1. The molecule has 0 heterocycles. The SMILES string of the molecule is Cc1ccc(S(=O)(=O)Nc2cccc(C(=O)NCCc3cccc(O)c3)c2)cc1F. The molecule has 156 valence electrons. The summed E-state index contributed by atoms with van der Waals surface area (Å²) in [4.78, 5) is 12.2. The van der Waals surface area contributed by atoms with Gasteiger partial charge in [0.15, 0.2) is 0 Å². The van der Waals surface area contributed by atoms with Gasteiger partial charge in [-0.25, -0.2) is 12.8 Å². The van der Waals surface area contributed by atoms with Gasteiger partial charge in [-0.15, -0.1) is 0 Å². The standard InChI is InChI=1S/C22H21FN2O4S/c1-15-8-9-20(14-21(15)23)30(28,29)25-18-6-3-5-17(13-18)22(27)24-11-10-16-4-2-7-19(26)12-16/h2-9,12-14,25-26H,10-11H2,1H3,(H,24,27). The van der Waals surface area contributed by atoms with Crippen LogP contribution in [0.5, 0.6) is 5.75 Å². The topological polar surface area (TPSA) is 95.5 Å². The highest BCUT2D eigenvalue weighted by Gasteiger charge is 2.16. The van der Waals surface area contributed by atoms with Gasteiger partial charge in [-0.3, -0.25) is 9.52 Å². The zero-order valence-corrected chi connectivity index (χ0v) is 17.0. The van der Waals surface area contributed by atoms with Crippen molar-refractivity contribution < 1.29 is 22.7 Å². The molecule has 3 rings (SSSR count). The second-order valence-electron chi connectivity index (χ2n) is 6.77. The normalized spacial score (nSPS) is 11.1. The molecular formula is C22H21FN2O4S. The van der Waals surface area contributed by atoms with E-state index in [0.29, 0.717) is 18.5 Å². The average molecular weight is 428 g/mol. The number of carbonyl (C=O) groups is 1. The van der Waals surface area contributed by atoms with E-state index in [1.54, 1.807) is 37.3 Å². The van der Waals surface area contributed by atoms with Crippen molar-refractivity contribution in [3.05, 3.63) is 89.2 Å². The largest absolute Gasteiger partial charge is 0.508 e. The highest BCUT2D eigenvalue weighted by atomic mass is 32.2. The van der Waals surface area contributed by atoms with Crippen LogP contribution in [0.4, 0.5) is 10.1 Å². The maximum atomic E-state index is 13.7. The number of benzene rings is 3. The lowest BCUT2D eigenvalue weighted by atomic mass is 10.1. The summed E-state index contributed by atoms with van der Waals surface area (Å²) in [5.74, 6) is -0.817. The lowest BCUT2D eigenvalue weighted by Gasteiger charge is -2.11. The molecule has 1 amide bonds. The fraction of sp³-hybridized carbons (Fsp3) is 0.136. The minimum absolute atomic E-state index is 0.160. The number of carbonyl (C=O) groups excluding carboxylic acids is 1. The van der Waals surface area contributed by atoms with Crippen molar-refractivity contribution in [1.29, 1.82) is 0 Å². The van der Waals surface area contributed by atoms with E-state index in [1.807, 2.05) is 6.07 Å². The van der Waals surface area contributed by atoms with Crippen molar-refractivity contribution >= 4 is 21.6 Å². The summed E-state index contributed by atoms with van der Waals surface area (Å²) in [6.07, 6.45) is 0.533. The van der Waals surface area contributed by atoms with Gasteiger partial charge < -0.3 is 10.4 Å². The van der Waals surface area contributed by atoms with Crippen molar-refractivity contribution in [2.75, 3.05) is 11.3 Å². The molecule has 3 N–H and O–H groups in total. The van der Waals surface area contributed by atoms with Crippen molar-refractivity contribution in [3.8, 4) is 5.75 Å². The van der Waals surface area contributed by atoms with Crippen LogP contribution in [-0.2, 0) is 16.4 Å². The van der Waals surface area contributed by atoms with Gasteiger partial charge in [-0.1, -0.05) is 24.3 Å². The Morgan fingerprint density at radius 3 is 2.53 bits per heavy atom. The zero-order chi connectivity index (χ0) is 21.7. The molecule has 0 unspecified atom stereocenters. The van der Waals surface area contributed by atoms with E-state index in [2.05, 4.69) is 10.0 Å². The molecule has 0 aliphatic rings. The Balaban J connectivity index is 1.66. The van der Waals surface area contributed by atoms with Crippen LogP contribution >= 0.6 is 0 Å². The fourth-order valence-electron chi connectivity index (χ4n) is 2.81. The second-order valence-corrected chi connectivity index (χ2v) is 8.46. The van der Waals surface area contributed by atoms with Crippen LogP contribution in [0, 0.1) is 12.7 Å². The molecule has 30 heavy (non-hydrogen) atoms. The monoisotopic (exact) mass is 428 g/mol. The van der Waals surface area contributed by atoms with Crippen LogP contribution in [0.15, 0.2) is 71.6 Å². The molecule has 0 radical (unpaired) electrons. The first-order chi connectivity index (χ1) is 14.2. The maximum Gasteiger partial charge on any atom is 0.261 e. The molecule has 0 atom stereocenters. The van der Waals surface area contributed by atoms with Crippen LogP contribution in [0.25, 0.3) is 0 Å². The zero-order valence-electron chi connectivity index (χ0n) is 16.2. The summed E-state index contributed by atoms with van der Waals surface area (Å²) in [7, 11) is -4.00. The van der Waals surface area contributed by atoms with E-state index in [9.17, 15) is 22.7 Å².